The van der Waals surface area contributed by atoms with E-state index in [2.05, 4.69) is 58.5 Å². The Morgan fingerprint density at radius 1 is 0.514 bits per heavy atom. The van der Waals surface area contributed by atoms with Crippen LogP contribution in [0.4, 0.5) is 0 Å². The second-order valence-electron chi connectivity index (χ2n) is 8.33. The first-order chi connectivity index (χ1) is 17.1. The molecule has 0 saturated carbocycles. The molecule has 4 aromatic carbocycles. The molecule has 7 aromatic rings. The third kappa shape index (κ3) is 3.42. The molecule has 0 atom stereocenters. The topological polar surface area (TPSA) is 79.1 Å². The van der Waals surface area contributed by atoms with Crippen molar-refractivity contribution in [1.29, 1.82) is 0 Å². The molecule has 0 aliphatic rings. The van der Waals surface area contributed by atoms with Crippen molar-refractivity contribution >= 4 is 75.9 Å². The number of hydrogen-bond donors (Lipinski definition) is 2. The second-order valence-corrected chi connectivity index (χ2v) is 10.5. The normalized spacial score (nSPS) is 11.7. The van der Waals surface area contributed by atoms with Gasteiger partial charge in [-0.25, -0.2) is 15.0 Å². The van der Waals surface area contributed by atoms with Crippen molar-refractivity contribution in [2.24, 2.45) is 0 Å². The SMILES string of the molecule is OB(O)c1nc(-c2ccc3c(c2)sc2ccccc23)nc(-c2ccc3c(c2)sc2ccccc23)n1. The highest BCUT2D eigenvalue weighted by atomic mass is 32.1. The van der Waals surface area contributed by atoms with Gasteiger partial charge in [-0.2, -0.15) is 0 Å². The van der Waals surface area contributed by atoms with Gasteiger partial charge in [0, 0.05) is 51.5 Å². The predicted octanol–water partition coefficient (Wildman–Crippen LogP) is 5.62. The summed E-state index contributed by atoms with van der Waals surface area (Å²) in [5.74, 6) is 0.822. The van der Waals surface area contributed by atoms with Gasteiger partial charge in [0.15, 0.2) is 17.4 Å². The maximum Gasteiger partial charge on any atom is 0.528 e. The molecule has 0 fully saturated rings. The van der Waals surface area contributed by atoms with Crippen LogP contribution in [0, 0.1) is 0 Å². The standard InChI is InChI=1S/C27H16BN3O2S2/c32-28(33)27-30-25(15-9-11-19-17-5-1-3-7-21(17)34-23(19)13-15)29-26(31-27)16-10-12-20-18-6-2-4-8-22(18)35-24(20)14-16/h1-14,32-33H. The maximum absolute atomic E-state index is 9.91. The molecule has 3 aromatic heterocycles. The van der Waals surface area contributed by atoms with Crippen LogP contribution in [-0.4, -0.2) is 32.1 Å². The molecule has 0 bridgehead atoms. The Balaban J connectivity index is 1.39. The third-order valence-electron chi connectivity index (χ3n) is 6.16. The van der Waals surface area contributed by atoms with Crippen LogP contribution >= 0.6 is 22.7 Å². The van der Waals surface area contributed by atoms with E-state index in [0.717, 1.165) is 20.5 Å². The number of rotatable bonds is 3. The largest absolute Gasteiger partial charge is 0.528 e. The summed E-state index contributed by atoms with van der Waals surface area (Å²) in [5, 5.41) is 24.6. The van der Waals surface area contributed by atoms with E-state index in [1.807, 2.05) is 36.4 Å². The lowest BCUT2D eigenvalue weighted by Crippen LogP contribution is -2.36. The molecule has 0 saturated heterocycles. The van der Waals surface area contributed by atoms with Crippen LogP contribution in [0.3, 0.4) is 0 Å². The molecule has 5 nitrogen and oxygen atoms in total. The highest BCUT2D eigenvalue weighted by molar-refractivity contribution is 7.26. The van der Waals surface area contributed by atoms with E-state index < -0.39 is 7.12 Å². The second kappa shape index (κ2) is 7.93. The molecule has 2 N–H and O–H groups in total. The molecule has 0 unspecified atom stereocenters. The smallest absolute Gasteiger partial charge is 0.421 e. The van der Waals surface area contributed by atoms with Gasteiger partial charge in [0.25, 0.3) is 0 Å². The van der Waals surface area contributed by atoms with Gasteiger partial charge in [-0.15, -0.1) is 22.7 Å². The van der Waals surface area contributed by atoms with Gasteiger partial charge in [0.1, 0.15) is 0 Å². The zero-order valence-electron chi connectivity index (χ0n) is 18.2. The van der Waals surface area contributed by atoms with E-state index in [-0.39, 0.29) is 5.72 Å². The molecule has 0 aliphatic heterocycles. The zero-order chi connectivity index (χ0) is 23.5. The summed E-state index contributed by atoms with van der Waals surface area (Å²) in [6, 6.07) is 28.9. The van der Waals surface area contributed by atoms with Gasteiger partial charge in [-0.05, 0) is 24.3 Å². The van der Waals surface area contributed by atoms with Crippen molar-refractivity contribution in [3.8, 4) is 22.8 Å². The van der Waals surface area contributed by atoms with Gasteiger partial charge >= 0.3 is 7.12 Å². The fourth-order valence-corrected chi connectivity index (χ4v) is 6.79. The van der Waals surface area contributed by atoms with E-state index in [0.29, 0.717) is 11.6 Å². The van der Waals surface area contributed by atoms with Crippen LogP contribution in [0.1, 0.15) is 0 Å². The fourth-order valence-electron chi connectivity index (χ4n) is 4.50. The molecule has 0 radical (unpaired) electrons. The minimum absolute atomic E-state index is 0.0714. The molecule has 166 valence electrons. The Labute approximate surface area is 208 Å². The minimum atomic E-state index is -1.79. The number of benzene rings is 4. The summed E-state index contributed by atoms with van der Waals surface area (Å²) in [6.07, 6.45) is 0. The molecular formula is C27H16BN3O2S2. The number of nitrogens with zero attached hydrogens (tertiary/aromatic N) is 3. The molecule has 0 spiro atoms. The van der Waals surface area contributed by atoms with Gasteiger partial charge < -0.3 is 10.0 Å². The van der Waals surface area contributed by atoms with E-state index in [4.69, 9.17) is 4.98 Å². The van der Waals surface area contributed by atoms with Crippen molar-refractivity contribution in [3.63, 3.8) is 0 Å². The summed E-state index contributed by atoms with van der Waals surface area (Å²) in [7, 11) is -1.79. The average Bonchev–Trinajstić information content (AvgIpc) is 3.45. The zero-order valence-corrected chi connectivity index (χ0v) is 19.8. The Kier molecular flexibility index (Phi) is 4.68. The van der Waals surface area contributed by atoms with Gasteiger partial charge in [0.05, 0.1) is 0 Å². The Bertz CT molecular complexity index is 1780. The van der Waals surface area contributed by atoms with E-state index in [9.17, 15) is 10.0 Å². The molecule has 35 heavy (non-hydrogen) atoms. The average molecular weight is 489 g/mol. The summed E-state index contributed by atoms with van der Waals surface area (Å²) in [5.41, 5.74) is 1.54. The Hall–Kier alpha value is -3.69. The van der Waals surface area contributed by atoms with Crippen molar-refractivity contribution in [1.82, 2.24) is 15.0 Å². The van der Waals surface area contributed by atoms with Crippen molar-refractivity contribution in [2.45, 2.75) is 0 Å². The van der Waals surface area contributed by atoms with Crippen LogP contribution in [-0.2, 0) is 0 Å². The van der Waals surface area contributed by atoms with Gasteiger partial charge in [-0.3, -0.25) is 0 Å². The molecule has 8 heteroatoms. The highest BCUT2D eigenvalue weighted by Gasteiger charge is 2.20. The van der Waals surface area contributed by atoms with Crippen LogP contribution < -0.4 is 5.72 Å². The van der Waals surface area contributed by atoms with Crippen LogP contribution in [0.25, 0.3) is 63.1 Å². The van der Waals surface area contributed by atoms with Crippen LogP contribution in [0.15, 0.2) is 84.9 Å². The summed E-state index contributed by atoms with van der Waals surface area (Å²) in [6.45, 7) is 0. The predicted molar refractivity (Wildman–Crippen MR) is 146 cm³/mol. The first-order valence-corrected chi connectivity index (χ1v) is 12.7. The van der Waals surface area contributed by atoms with Crippen LogP contribution in [0.5, 0.6) is 0 Å². The summed E-state index contributed by atoms with van der Waals surface area (Å²) in [4.78, 5) is 13.5. The summed E-state index contributed by atoms with van der Waals surface area (Å²) >= 11 is 3.43. The van der Waals surface area contributed by atoms with Gasteiger partial charge in [0.2, 0.25) is 0 Å². The van der Waals surface area contributed by atoms with E-state index in [1.54, 1.807) is 22.7 Å². The quantitative estimate of drug-likeness (QED) is 0.315. The number of aromatic nitrogens is 3. The Morgan fingerprint density at radius 2 is 0.971 bits per heavy atom. The fraction of sp³-hybridized carbons (Fsp3) is 0. The number of hydrogen-bond acceptors (Lipinski definition) is 7. The molecule has 0 aliphatic carbocycles. The lowest BCUT2D eigenvalue weighted by atomic mass is 9.90. The number of fused-ring (bicyclic) bond motifs is 6. The number of thiophene rings is 2. The molecule has 0 amide bonds. The van der Waals surface area contributed by atoms with E-state index >= 15 is 0 Å². The van der Waals surface area contributed by atoms with E-state index in [1.165, 1.54) is 30.9 Å². The molecular weight excluding hydrogens is 473 g/mol. The summed E-state index contributed by atoms with van der Waals surface area (Å²) < 4.78 is 4.70. The lowest BCUT2D eigenvalue weighted by molar-refractivity contribution is 0.422. The van der Waals surface area contributed by atoms with Crippen molar-refractivity contribution in [2.75, 3.05) is 0 Å². The molecule has 7 rings (SSSR count). The minimum Gasteiger partial charge on any atom is -0.421 e. The van der Waals surface area contributed by atoms with Crippen molar-refractivity contribution in [3.05, 3.63) is 84.9 Å². The van der Waals surface area contributed by atoms with Gasteiger partial charge in [-0.1, -0.05) is 60.7 Å². The lowest BCUT2D eigenvalue weighted by Gasteiger charge is -2.08. The maximum atomic E-state index is 9.91. The highest BCUT2D eigenvalue weighted by Crippen LogP contribution is 2.37. The molecule has 3 heterocycles. The van der Waals surface area contributed by atoms with Crippen molar-refractivity contribution < 1.29 is 10.0 Å². The first kappa shape index (κ1) is 20.7. The van der Waals surface area contributed by atoms with Crippen LogP contribution in [0.2, 0.25) is 0 Å². The third-order valence-corrected chi connectivity index (χ3v) is 8.42. The first-order valence-electron chi connectivity index (χ1n) is 11.1. The Morgan fingerprint density at radius 3 is 1.46 bits per heavy atom. The monoisotopic (exact) mass is 489 g/mol.